The van der Waals surface area contributed by atoms with E-state index in [-0.39, 0.29) is 24.8 Å². The molecule has 0 fully saturated rings. The van der Waals surface area contributed by atoms with E-state index in [1.54, 1.807) is 0 Å². The molecular formula is C6H6Cl2NSZr. The van der Waals surface area contributed by atoms with Gasteiger partial charge in [-0.1, -0.05) is 0 Å². The molecule has 1 aromatic heterocycles. The number of nitrogens with zero attached hydrogens (tertiary/aromatic N) is 1. The van der Waals surface area contributed by atoms with Crippen molar-refractivity contribution >= 4 is 8.52 Å². The van der Waals surface area contributed by atoms with E-state index in [0.717, 1.165) is 5.75 Å². The van der Waals surface area contributed by atoms with Crippen LogP contribution < -0.4 is 24.8 Å². The second-order valence-electron chi connectivity index (χ2n) is 1.61. The topological polar surface area (TPSA) is 12.9 Å². The van der Waals surface area contributed by atoms with E-state index >= 15 is 0 Å². The van der Waals surface area contributed by atoms with Gasteiger partial charge in [0.2, 0.25) is 0 Å². The Balaban J connectivity index is 0. The molecule has 11 heavy (non-hydrogen) atoms. The van der Waals surface area contributed by atoms with Crippen LogP contribution in [0, 0.1) is 0 Å². The van der Waals surface area contributed by atoms with Gasteiger partial charge in [0.15, 0.2) is 0 Å². The molecule has 0 saturated carbocycles. The van der Waals surface area contributed by atoms with Gasteiger partial charge in [0.25, 0.3) is 0 Å². The van der Waals surface area contributed by atoms with Crippen molar-refractivity contribution in [2.45, 2.75) is 5.75 Å². The Bertz CT molecular complexity index is 173. The first-order valence-electron chi connectivity index (χ1n) is 2.62. The predicted octanol–water partition coefficient (Wildman–Crippen LogP) is -4.22. The molecule has 5 heteroatoms. The number of hydrogen-bond acceptors (Lipinski definition) is 2. The molecule has 1 aromatic rings. The summed E-state index contributed by atoms with van der Waals surface area (Å²) in [5.41, 5.74) is 1.18. The minimum absolute atomic E-state index is 0. The van der Waals surface area contributed by atoms with Crippen molar-refractivity contribution in [1.82, 2.24) is 4.98 Å². The van der Waals surface area contributed by atoms with E-state index in [1.807, 2.05) is 26.8 Å². The van der Waals surface area contributed by atoms with Crippen LogP contribution in [0.5, 0.6) is 0 Å². The van der Waals surface area contributed by atoms with Crippen molar-refractivity contribution in [3.05, 3.63) is 30.1 Å². The van der Waals surface area contributed by atoms with Gasteiger partial charge < -0.3 is 24.8 Å². The number of rotatable bonds is 2. The molecule has 0 spiro atoms. The minimum atomic E-state index is 0. The summed E-state index contributed by atoms with van der Waals surface area (Å²) in [5.74, 6) is 1.05. The van der Waals surface area contributed by atoms with Crippen molar-refractivity contribution < 1.29 is 48.1 Å². The zero-order valence-electron chi connectivity index (χ0n) is 5.63. The van der Waals surface area contributed by atoms with Gasteiger partial charge >= 0.3 is 72.6 Å². The van der Waals surface area contributed by atoms with E-state index in [0.29, 0.717) is 0 Å². The first-order valence-corrected chi connectivity index (χ1v) is 6.61. The maximum atomic E-state index is 4.16. The number of pyridine rings is 1. The Kier molecular flexibility index (Phi) is 11.9. The quantitative estimate of drug-likeness (QED) is 0.547. The van der Waals surface area contributed by atoms with E-state index < -0.39 is 0 Å². The van der Waals surface area contributed by atoms with Crippen LogP contribution in [0.25, 0.3) is 0 Å². The van der Waals surface area contributed by atoms with Crippen molar-refractivity contribution in [3.63, 3.8) is 0 Å². The van der Waals surface area contributed by atoms with Crippen LogP contribution >= 0.6 is 8.52 Å². The molecule has 0 aliphatic carbocycles. The van der Waals surface area contributed by atoms with Crippen molar-refractivity contribution in [3.8, 4) is 0 Å². The van der Waals surface area contributed by atoms with Gasteiger partial charge in [-0.05, 0) is 0 Å². The fraction of sp³-hybridized carbons (Fsp3) is 0.167. The zero-order valence-corrected chi connectivity index (χ0v) is 10.4. The van der Waals surface area contributed by atoms with Crippen molar-refractivity contribution in [1.29, 1.82) is 0 Å². The SMILES string of the molecule is [Cl-].[Cl-].[Zr+2][S]Cc1ccccn1. The van der Waals surface area contributed by atoms with Crippen LogP contribution in [0.3, 0.4) is 0 Å². The van der Waals surface area contributed by atoms with Crippen LogP contribution in [0.2, 0.25) is 0 Å². The summed E-state index contributed by atoms with van der Waals surface area (Å²) in [6.45, 7) is 0. The molecule has 0 bridgehead atoms. The van der Waals surface area contributed by atoms with Crippen molar-refractivity contribution in [2.75, 3.05) is 0 Å². The Labute approximate surface area is 96.7 Å². The summed E-state index contributed by atoms with van der Waals surface area (Å²) < 4.78 is 0. The van der Waals surface area contributed by atoms with Gasteiger partial charge in [0.05, 0.1) is 0 Å². The van der Waals surface area contributed by atoms with E-state index in [4.69, 9.17) is 0 Å². The van der Waals surface area contributed by atoms with E-state index in [1.165, 1.54) is 28.9 Å². The van der Waals surface area contributed by atoms with E-state index in [9.17, 15) is 0 Å². The summed E-state index contributed by atoms with van der Waals surface area (Å²) in [6, 6.07) is 6.02. The molecule has 0 unspecified atom stereocenters. The number of halogens is 2. The molecule has 1 rings (SSSR count). The maximum absolute atomic E-state index is 4.16. The van der Waals surface area contributed by atoms with Crippen LogP contribution in [0.1, 0.15) is 5.69 Å². The molecule has 0 saturated heterocycles. The average molecular weight is 286 g/mol. The van der Waals surface area contributed by atoms with Crippen LogP contribution in [-0.4, -0.2) is 4.98 Å². The van der Waals surface area contributed by atoms with Crippen LogP contribution in [-0.2, 0) is 29.0 Å². The third kappa shape index (κ3) is 6.15. The summed E-state index contributed by atoms with van der Waals surface area (Å²) >= 11 is 1.51. The number of hydrogen-bond donors (Lipinski definition) is 0. The Hall–Kier alpha value is 0.963. The van der Waals surface area contributed by atoms with Gasteiger partial charge in [-0.15, -0.1) is 0 Å². The van der Waals surface area contributed by atoms with Crippen LogP contribution in [0.15, 0.2) is 24.4 Å². The van der Waals surface area contributed by atoms with Crippen molar-refractivity contribution in [2.24, 2.45) is 0 Å². The molecule has 59 valence electrons. The summed E-state index contributed by atoms with van der Waals surface area (Å²) in [6.07, 6.45) is 1.83. The normalized spacial score (nSPS) is 7.82. The fourth-order valence-electron chi connectivity index (χ4n) is 0.557. The first-order chi connectivity index (χ1) is 4.43. The number of aromatic nitrogens is 1. The second kappa shape index (κ2) is 9.05. The molecular weight excluding hydrogens is 280 g/mol. The average Bonchev–Trinajstić information content (AvgIpc) is 1.91. The van der Waals surface area contributed by atoms with Gasteiger partial charge in [-0.2, -0.15) is 0 Å². The molecule has 0 amide bonds. The molecule has 0 radical (unpaired) electrons. The summed E-state index contributed by atoms with van der Waals surface area (Å²) in [5, 5.41) is 0. The second-order valence-corrected chi connectivity index (χ2v) is 4.32. The van der Waals surface area contributed by atoms with Gasteiger partial charge in [0, 0.05) is 0 Å². The predicted molar refractivity (Wildman–Crippen MR) is 35.5 cm³/mol. The Morgan fingerprint density at radius 1 is 1.36 bits per heavy atom. The molecule has 0 aromatic carbocycles. The molecule has 1 nitrogen and oxygen atoms in total. The Morgan fingerprint density at radius 2 is 2.09 bits per heavy atom. The third-order valence-electron chi connectivity index (χ3n) is 0.946. The Morgan fingerprint density at radius 3 is 2.55 bits per heavy atom. The fourth-order valence-corrected chi connectivity index (χ4v) is 1.97. The molecule has 1 heterocycles. The van der Waals surface area contributed by atoms with Crippen LogP contribution in [0.4, 0.5) is 0 Å². The van der Waals surface area contributed by atoms with Gasteiger partial charge in [0.1, 0.15) is 0 Å². The summed E-state index contributed by atoms with van der Waals surface area (Å²) in [4.78, 5) is 4.16. The summed E-state index contributed by atoms with van der Waals surface area (Å²) in [7, 11) is 1.88. The zero-order chi connectivity index (χ0) is 6.53. The molecule has 0 N–H and O–H groups in total. The third-order valence-corrected chi connectivity index (χ3v) is 2.45. The van der Waals surface area contributed by atoms with Gasteiger partial charge in [-0.3, -0.25) is 0 Å². The van der Waals surface area contributed by atoms with Gasteiger partial charge in [-0.25, -0.2) is 0 Å². The van der Waals surface area contributed by atoms with E-state index in [2.05, 4.69) is 11.1 Å². The molecule has 0 aliphatic heterocycles. The first kappa shape index (κ1) is 14.5. The molecule has 0 atom stereocenters. The monoisotopic (exact) mass is 284 g/mol. The standard InChI is InChI=1S/C6H7NS.2ClH.Zr/c8-5-6-3-1-2-4-7-6;;;/h1-4,8H,5H2;2*1H;/q;;;+3/p-3. The molecule has 0 aliphatic rings.